The van der Waals surface area contributed by atoms with Crippen LogP contribution in [0.4, 0.5) is 0 Å². The molecular weight excluding hydrogens is 266 g/mol. The molecule has 21 heavy (non-hydrogen) atoms. The van der Waals surface area contributed by atoms with Crippen molar-refractivity contribution in [1.29, 1.82) is 0 Å². The minimum atomic E-state index is -0.219. The molecule has 0 unspecified atom stereocenters. The molecule has 2 N–H and O–H groups in total. The van der Waals surface area contributed by atoms with Crippen LogP contribution in [0.1, 0.15) is 41.4 Å². The van der Waals surface area contributed by atoms with Crippen LogP contribution in [-0.4, -0.2) is 55.2 Å². The van der Waals surface area contributed by atoms with Gasteiger partial charge in [-0.15, -0.1) is 0 Å². The van der Waals surface area contributed by atoms with Crippen LogP contribution in [-0.2, 0) is 11.2 Å². The van der Waals surface area contributed by atoms with E-state index in [2.05, 4.69) is 15.2 Å². The molecule has 5 heteroatoms. The number of aromatic nitrogens is 1. The van der Waals surface area contributed by atoms with Gasteiger partial charge in [-0.25, -0.2) is 4.79 Å². The van der Waals surface area contributed by atoms with E-state index in [9.17, 15) is 4.79 Å². The Morgan fingerprint density at radius 3 is 2.86 bits per heavy atom. The first-order valence-electron chi connectivity index (χ1n) is 7.99. The van der Waals surface area contributed by atoms with Crippen molar-refractivity contribution >= 4 is 5.97 Å². The van der Waals surface area contributed by atoms with Crippen LogP contribution in [0.3, 0.4) is 0 Å². The lowest BCUT2D eigenvalue weighted by Gasteiger charge is -2.14. The van der Waals surface area contributed by atoms with Gasteiger partial charge in [0.1, 0.15) is 0 Å². The fourth-order valence-corrected chi connectivity index (χ4v) is 2.84. The average Bonchev–Trinajstić information content (AvgIpc) is 3.09. The Kier molecular flexibility index (Phi) is 6.26. The molecule has 0 aromatic carbocycles. The van der Waals surface area contributed by atoms with Crippen molar-refractivity contribution in [1.82, 2.24) is 15.2 Å². The van der Waals surface area contributed by atoms with Crippen LogP contribution in [0.15, 0.2) is 6.20 Å². The summed E-state index contributed by atoms with van der Waals surface area (Å²) in [5, 5.41) is 3.45. The SMILES string of the molecule is CCOC(=O)c1c(C)c[nH]c1CCNCCN1CCCC1. The molecule has 0 bridgehead atoms. The first kappa shape index (κ1) is 16.0. The summed E-state index contributed by atoms with van der Waals surface area (Å²) in [7, 11) is 0. The lowest BCUT2D eigenvalue weighted by molar-refractivity contribution is 0.0524. The third kappa shape index (κ3) is 4.58. The Morgan fingerprint density at radius 2 is 2.14 bits per heavy atom. The molecule has 1 saturated heterocycles. The number of carbonyl (C=O) groups is 1. The zero-order chi connectivity index (χ0) is 15.1. The smallest absolute Gasteiger partial charge is 0.340 e. The number of carbonyl (C=O) groups excluding carboxylic acids is 1. The Balaban J connectivity index is 1.73. The number of aromatic amines is 1. The summed E-state index contributed by atoms with van der Waals surface area (Å²) in [5.74, 6) is -0.219. The maximum absolute atomic E-state index is 11.9. The number of esters is 1. The summed E-state index contributed by atoms with van der Waals surface area (Å²) in [6.07, 6.45) is 5.38. The quantitative estimate of drug-likeness (QED) is 0.566. The van der Waals surface area contributed by atoms with Crippen molar-refractivity contribution in [2.45, 2.75) is 33.1 Å². The predicted molar refractivity (Wildman–Crippen MR) is 83.7 cm³/mol. The van der Waals surface area contributed by atoms with Gasteiger partial charge in [-0.3, -0.25) is 0 Å². The van der Waals surface area contributed by atoms with E-state index in [1.165, 1.54) is 25.9 Å². The van der Waals surface area contributed by atoms with Crippen molar-refractivity contribution < 1.29 is 9.53 Å². The largest absolute Gasteiger partial charge is 0.462 e. The lowest BCUT2D eigenvalue weighted by Crippen LogP contribution is -2.31. The normalized spacial score (nSPS) is 15.5. The number of hydrogen-bond donors (Lipinski definition) is 2. The summed E-state index contributed by atoms with van der Waals surface area (Å²) < 4.78 is 5.12. The van der Waals surface area contributed by atoms with E-state index in [0.717, 1.165) is 37.3 Å². The van der Waals surface area contributed by atoms with Crippen LogP contribution in [0.5, 0.6) is 0 Å². The second kappa shape index (κ2) is 8.20. The van der Waals surface area contributed by atoms with Crippen molar-refractivity contribution in [3.63, 3.8) is 0 Å². The number of nitrogens with zero attached hydrogens (tertiary/aromatic N) is 1. The highest BCUT2D eigenvalue weighted by Crippen LogP contribution is 2.15. The monoisotopic (exact) mass is 293 g/mol. The van der Waals surface area contributed by atoms with Gasteiger partial charge in [0.25, 0.3) is 0 Å². The average molecular weight is 293 g/mol. The number of ether oxygens (including phenoxy) is 1. The molecule has 1 aliphatic heterocycles. The van der Waals surface area contributed by atoms with Crippen molar-refractivity contribution in [2.24, 2.45) is 0 Å². The minimum absolute atomic E-state index is 0.219. The van der Waals surface area contributed by atoms with Crippen LogP contribution in [0.2, 0.25) is 0 Å². The molecular formula is C16H27N3O2. The number of H-pyrrole nitrogens is 1. The van der Waals surface area contributed by atoms with E-state index < -0.39 is 0 Å². The number of aryl methyl sites for hydroxylation is 1. The number of nitrogens with one attached hydrogen (secondary N) is 2. The summed E-state index contributed by atoms with van der Waals surface area (Å²) >= 11 is 0. The lowest BCUT2D eigenvalue weighted by atomic mass is 10.1. The fraction of sp³-hybridized carbons (Fsp3) is 0.688. The molecule has 0 atom stereocenters. The van der Waals surface area contributed by atoms with E-state index in [1.54, 1.807) is 0 Å². The van der Waals surface area contributed by atoms with E-state index in [1.807, 2.05) is 20.0 Å². The molecule has 1 aliphatic rings. The first-order chi connectivity index (χ1) is 10.2. The van der Waals surface area contributed by atoms with E-state index in [0.29, 0.717) is 12.2 Å². The minimum Gasteiger partial charge on any atom is -0.462 e. The highest BCUT2D eigenvalue weighted by atomic mass is 16.5. The zero-order valence-corrected chi connectivity index (χ0v) is 13.2. The topological polar surface area (TPSA) is 57.4 Å². The van der Waals surface area contributed by atoms with Gasteiger partial charge in [0, 0.05) is 37.9 Å². The molecule has 1 fully saturated rings. The maximum atomic E-state index is 11.9. The first-order valence-corrected chi connectivity index (χ1v) is 7.99. The van der Waals surface area contributed by atoms with Crippen LogP contribution in [0, 0.1) is 6.92 Å². The zero-order valence-electron chi connectivity index (χ0n) is 13.2. The second-order valence-corrected chi connectivity index (χ2v) is 5.59. The molecule has 1 aromatic heterocycles. The Labute approximate surface area is 127 Å². The number of hydrogen-bond acceptors (Lipinski definition) is 4. The molecule has 2 rings (SSSR count). The maximum Gasteiger partial charge on any atom is 0.340 e. The van der Waals surface area contributed by atoms with Crippen molar-refractivity contribution in [3.8, 4) is 0 Å². The molecule has 5 nitrogen and oxygen atoms in total. The van der Waals surface area contributed by atoms with Gasteiger partial charge in [0.15, 0.2) is 0 Å². The summed E-state index contributed by atoms with van der Waals surface area (Å²) in [6, 6.07) is 0. The highest BCUT2D eigenvalue weighted by molar-refractivity contribution is 5.92. The van der Waals surface area contributed by atoms with Gasteiger partial charge >= 0.3 is 5.97 Å². The van der Waals surface area contributed by atoms with E-state index in [-0.39, 0.29) is 5.97 Å². The molecule has 0 amide bonds. The van der Waals surface area contributed by atoms with Gasteiger partial charge in [0.2, 0.25) is 0 Å². The molecule has 0 spiro atoms. The summed E-state index contributed by atoms with van der Waals surface area (Å²) in [5.41, 5.74) is 2.64. The molecule has 0 radical (unpaired) electrons. The van der Waals surface area contributed by atoms with Crippen LogP contribution < -0.4 is 5.32 Å². The van der Waals surface area contributed by atoms with Gasteiger partial charge in [-0.05, 0) is 45.3 Å². The molecule has 0 aliphatic carbocycles. The standard InChI is InChI=1S/C16H27N3O2/c1-3-21-16(20)15-13(2)12-18-14(15)6-7-17-8-11-19-9-4-5-10-19/h12,17-18H,3-11H2,1-2H3. The number of likely N-dealkylation sites (tertiary alicyclic amines) is 1. The molecule has 118 valence electrons. The fourth-order valence-electron chi connectivity index (χ4n) is 2.84. The molecule has 2 heterocycles. The number of rotatable bonds is 8. The van der Waals surface area contributed by atoms with Crippen molar-refractivity contribution in [3.05, 3.63) is 23.0 Å². The molecule has 1 aromatic rings. The third-order valence-electron chi connectivity index (χ3n) is 3.99. The van der Waals surface area contributed by atoms with E-state index in [4.69, 9.17) is 4.74 Å². The van der Waals surface area contributed by atoms with Crippen molar-refractivity contribution in [2.75, 3.05) is 39.3 Å². The summed E-state index contributed by atoms with van der Waals surface area (Å²) in [6.45, 7) is 9.67. The predicted octanol–water partition coefficient (Wildman–Crippen LogP) is 1.73. The van der Waals surface area contributed by atoms with Gasteiger partial charge in [0.05, 0.1) is 12.2 Å². The van der Waals surface area contributed by atoms with E-state index >= 15 is 0 Å². The Bertz CT molecular complexity index is 450. The Hall–Kier alpha value is -1.33. The van der Waals surface area contributed by atoms with Gasteiger partial charge < -0.3 is 19.9 Å². The van der Waals surface area contributed by atoms with Crippen LogP contribution >= 0.6 is 0 Å². The molecule has 0 saturated carbocycles. The van der Waals surface area contributed by atoms with Gasteiger partial charge in [-0.2, -0.15) is 0 Å². The van der Waals surface area contributed by atoms with Gasteiger partial charge in [-0.1, -0.05) is 0 Å². The highest BCUT2D eigenvalue weighted by Gasteiger charge is 2.17. The van der Waals surface area contributed by atoms with Crippen LogP contribution in [0.25, 0.3) is 0 Å². The second-order valence-electron chi connectivity index (χ2n) is 5.59. The summed E-state index contributed by atoms with van der Waals surface area (Å²) in [4.78, 5) is 17.6. The Morgan fingerprint density at radius 1 is 1.38 bits per heavy atom. The third-order valence-corrected chi connectivity index (χ3v) is 3.99.